The Bertz CT molecular complexity index is 191. The highest BCUT2D eigenvalue weighted by Gasteiger charge is 2.16. The van der Waals surface area contributed by atoms with Crippen LogP contribution in [0, 0.1) is 0 Å². The van der Waals surface area contributed by atoms with Crippen LogP contribution in [0.2, 0.25) is 0 Å². The topological polar surface area (TPSA) is 32.3 Å². The van der Waals surface area contributed by atoms with Crippen LogP contribution in [0.4, 0.5) is 0 Å². The van der Waals surface area contributed by atoms with E-state index in [1.165, 1.54) is 32.5 Å². The predicted molar refractivity (Wildman–Crippen MR) is 66.7 cm³/mol. The van der Waals surface area contributed by atoms with Crippen LogP contribution in [0.5, 0.6) is 0 Å². The van der Waals surface area contributed by atoms with Crippen molar-refractivity contribution in [3.05, 3.63) is 0 Å². The van der Waals surface area contributed by atoms with Crippen LogP contribution >= 0.6 is 0 Å². The van der Waals surface area contributed by atoms with Crippen LogP contribution in [-0.4, -0.2) is 53.3 Å². The van der Waals surface area contributed by atoms with Gasteiger partial charge in [-0.25, -0.2) is 0 Å². The quantitative estimate of drug-likeness (QED) is 0.689. The molecule has 0 aliphatic carbocycles. The zero-order valence-corrected chi connectivity index (χ0v) is 10.8. The zero-order valence-electron chi connectivity index (χ0n) is 10.00. The second kappa shape index (κ2) is 7.36. The van der Waals surface area contributed by atoms with Crippen LogP contribution < -0.4 is 5.32 Å². The smallest absolute Gasteiger partial charge is 0.0244 e. The molecule has 1 aliphatic heterocycles. The van der Waals surface area contributed by atoms with Crippen molar-refractivity contribution in [2.45, 2.75) is 32.2 Å². The number of nitrogens with one attached hydrogen (secondary N) is 1. The predicted octanol–water partition coefficient (Wildman–Crippen LogP) is 0.829. The van der Waals surface area contributed by atoms with Crippen molar-refractivity contribution in [1.82, 2.24) is 10.2 Å². The van der Waals surface area contributed by atoms with Crippen molar-refractivity contribution in [2.24, 2.45) is 0 Å². The van der Waals surface area contributed by atoms with Crippen molar-refractivity contribution < 1.29 is 4.21 Å². The average Bonchev–Trinajstić information content (AvgIpc) is 2.25. The molecule has 0 aromatic heterocycles. The van der Waals surface area contributed by atoms with Gasteiger partial charge in [0.25, 0.3) is 0 Å². The third-order valence-corrected chi connectivity index (χ3v) is 3.94. The molecular formula is C11H24N2OS. The summed E-state index contributed by atoms with van der Waals surface area (Å²) in [6, 6.07) is 0.693. The second-order valence-corrected chi connectivity index (χ2v) is 5.85. The van der Waals surface area contributed by atoms with Crippen LogP contribution in [0.25, 0.3) is 0 Å². The second-order valence-electron chi connectivity index (χ2n) is 4.29. The molecule has 1 saturated heterocycles. The zero-order chi connectivity index (χ0) is 11.1. The molecule has 1 heterocycles. The Balaban J connectivity index is 2.01. The maximum absolute atomic E-state index is 10.9. The molecule has 0 aromatic rings. The summed E-state index contributed by atoms with van der Waals surface area (Å²) in [6.07, 6.45) is 5.35. The molecule has 0 aromatic carbocycles. The highest BCUT2D eigenvalue weighted by atomic mass is 32.2. The lowest BCUT2D eigenvalue weighted by Gasteiger charge is -2.31. The first-order valence-corrected chi connectivity index (χ1v) is 7.71. The normalized spacial score (nSPS) is 21.7. The molecule has 0 spiro atoms. The van der Waals surface area contributed by atoms with E-state index in [2.05, 4.69) is 17.1 Å². The van der Waals surface area contributed by atoms with E-state index in [1.54, 1.807) is 6.26 Å². The Kier molecular flexibility index (Phi) is 6.45. The Morgan fingerprint density at radius 2 is 2.07 bits per heavy atom. The third-order valence-electron chi connectivity index (χ3n) is 3.08. The van der Waals surface area contributed by atoms with Crippen molar-refractivity contribution in [3.63, 3.8) is 0 Å². The molecule has 1 atom stereocenters. The Morgan fingerprint density at radius 1 is 1.40 bits per heavy atom. The first-order valence-electron chi connectivity index (χ1n) is 5.98. The summed E-state index contributed by atoms with van der Waals surface area (Å²) in [7, 11) is -0.627. The lowest BCUT2D eigenvalue weighted by Crippen LogP contribution is -2.42. The first kappa shape index (κ1) is 13.1. The van der Waals surface area contributed by atoms with Gasteiger partial charge in [0.15, 0.2) is 0 Å². The van der Waals surface area contributed by atoms with E-state index < -0.39 is 10.8 Å². The minimum atomic E-state index is -0.627. The van der Waals surface area contributed by atoms with E-state index in [0.29, 0.717) is 6.04 Å². The van der Waals surface area contributed by atoms with Crippen molar-refractivity contribution in [1.29, 1.82) is 0 Å². The van der Waals surface area contributed by atoms with Gasteiger partial charge in [0.05, 0.1) is 0 Å². The van der Waals surface area contributed by atoms with Gasteiger partial charge in [-0.3, -0.25) is 4.21 Å². The molecule has 3 nitrogen and oxygen atoms in total. The van der Waals surface area contributed by atoms with E-state index >= 15 is 0 Å². The summed E-state index contributed by atoms with van der Waals surface area (Å²) >= 11 is 0. The minimum Gasteiger partial charge on any atom is -0.314 e. The summed E-state index contributed by atoms with van der Waals surface area (Å²) in [5.41, 5.74) is 0. The molecule has 15 heavy (non-hydrogen) atoms. The summed E-state index contributed by atoms with van der Waals surface area (Å²) in [5.74, 6) is 0.834. The number of hydrogen-bond donors (Lipinski definition) is 1. The summed E-state index contributed by atoms with van der Waals surface area (Å²) in [5, 5.41) is 3.56. The highest BCUT2D eigenvalue weighted by Crippen LogP contribution is 2.09. The third kappa shape index (κ3) is 5.64. The van der Waals surface area contributed by atoms with Gasteiger partial charge in [-0.2, -0.15) is 0 Å². The Morgan fingerprint density at radius 3 is 2.60 bits per heavy atom. The standard InChI is InChI=1S/C11H24N2OS/c1-3-13-8-5-11(6-9-13)12-7-4-10-15(2)14/h11-12H,3-10H2,1-2H3. The number of nitrogens with zero attached hydrogens (tertiary/aromatic N) is 1. The maximum Gasteiger partial charge on any atom is 0.0244 e. The van der Waals surface area contributed by atoms with E-state index in [4.69, 9.17) is 0 Å². The van der Waals surface area contributed by atoms with Crippen molar-refractivity contribution >= 4 is 10.8 Å². The van der Waals surface area contributed by atoms with E-state index in [9.17, 15) is 4.21 Å². The maximum atomic E-state index is 10.9. The van der Waals surface area contributed by atoms with E-state index in [-0.39, 0.29) is 0 Å². The number of rotatable bonds is 6. The van der Waals surface area contributed by atoms with Crippen LogP contribution in [0.1, 0.15) is 26.2 Å². The fourth-order valence-corrected chi connectivity index (χ4v) is 2.59. The molecule has 90 valence electrons. The van der Waals surface area contributed by atoms with Gasteiger partial charge in [0.1, 0.15) is 0 Å². The van der Waals surface area contributed by atoms with Crippen molar-refractivity contribution in [3.8, 4) is 0 Å². The molecule has 1 N–H and O–H groups in total. The molecule has 0 radical (unpaired) electrons. The van der Waals surface area contributed by atoms with Gasteiger partial charge in [-0.1, -0.05) is 6.92 Å². The Labute approximate surface area is 96.1 Å². The molecule has 1 aliphatic rings. The number of piperidine rings is 1. The SMILES string of the molecule is CCN1CCC(NCCCS(C)=O)CC1. The van der Waals surface area contributed by atoms with Crippen molar-refractivity contribution in [2.75, 3.05) is 38.2 Å². The summed E-state index contributed by atoms with van der Waals surface area (Å²) in [6.45, 7) is 6.89. The molecule has 0 saturated carbocycles. The van der Waals surface area contributed by atoms with Gasteiger partial charge in [0.2, 0.25) is 0 Å². The van der Waals surface area contributed by atoms with Gasteiger partial charge in [-0.15, -0.1) is 0 Å². The van der Waals surface area contributed by atoms with E-state index in [1.807, 2.05) is 0 Å². The Hall–Kier alpha value is 0.0700. The number of likely N-dealkylation sites (tertiary alicyclic amines) is 1. The average molecular weight is 232 g/mol. The number of hydrogen-bond acceptors (Lipinski definition) is 3. The van der Waals surface area contributed by atoms with Crippen LogP contribution in [-0.2, 0) is 10.8 Å². The van der Waals surface area contributed by atoms with Gasteiger partial charge < -0.3 is 10.2 Å². The van der Waals surface area contributed by atoms with Gasteiger partial charge in [0, 0.05) is 28.9 Å². The van der Waals surface area contributed by atoms with Crippen LogP contribution in [0.3, 0.4) is 0 Å². The molecule has 1 fully saturated rings. The minimum absolute atomic E-state index is 0.627. The lowest BCUT2D eigenvalue weighted by atomic mass is 10.1. The molecular weight excluding hydrogens is 208 g/mol. The van der Waals surface area contributed by atoms with Gasteiger partial charge in [-0.05, 0) is 45.4 Å². The lowest BCUT2D eigenvalue weighted by molar-refractivity contribution is 0.207. The van der Waals surface area contributed by atoms with Crippen LogP contribution in [0.15, 0.2) is 0 Å². The van der Waals surface area contributed by atoms with Gasteiger partial charge >= 0.3 is 0 Å². The van der Waals surface area contributed by atoms with E-state index in [0.717, 1.165) is 18.7 Å². The fourth-order valence-electron chi connectivity index (χ4n) is 2.03. The highest BCUT2D eigenvalue weighted by molar-refractivity contribution is 7.84. The first-order chi connectivity index (χ1) is 7.22. The molecule has 1 rings (SSSR count). The molecule has 0 bridgehead atoms. The summed E-state index contributed by atoms with van der Waals surface area (Å²) in [4.78, 5) is 2.50. The fraction of sp³-hybridized carbons (Fsp3) is 1.00. The monoisotopic (exact) mass is 232 g/mol. The molecule has 1 unspecified atom stereocenters. The summed E-state index contributed by atoms with van der Waals surface area (Å²) < 4.78 is 10.9. The largest absolute Gasteiger partial charge is 0.314 e. The molecule has 0 amide bonds. The molecule has 4 heteroatoms.